The molecule has 0 aliphatic carbocycles. The van der Waals surface area contributed by atoms with Gasteiger partial charge in [-0.1, -0.05) is 23.7 Å². The van der Waals surface area contributed by atoms with Gasteiger partial charge in [-0.15, -0.1) is 0 Å². The number of anilines is 1. The molecule has 0 bridgehead atoms. The maximum Gasteiger partial charge on any atom is 0.421 e. The molecule has 33 heavy (non-hydrogen) atoms. The summed E-state index contributed by atoms with van der Waals surface area (Å²) in [4.78, 5) is 23.0. The number of hydrogen-bond acceptors (Lipinski definition) is 4. The van der Waals surface area contributed by atoms with E-state index in [-0.39, 0.29) is 17.7 Å². The third-order valence-electron chi connectivity index (χ3n) is 4.78. The van der Waals surface area contributed by atoms with Gasteiger partial charge in [-0.2, -0.15) is 13.2 Å². The third-order valence-corrected chi connectivity index (χ3v) is 4.98. The number of amides is 1. The highest BCUT2D eigenvalue weighted by Crippen LogP contribution is 2.36. The van der Waals surface area contributed by atoms with Gasteiger partial charge in [0.1, 0.15) is 22.2 Å². The molecule has 0 aliphatic rings. The van der Waals surface area contributed by atoms with Crippen molar-refractivity contribution in [2.24, 2.45) is 0 Å². The number of rotatable bonds is 5. The molecule has 4 aromatic rings. The first-order chi connectivity index (χ1) is 15.6. The summed E-state index contributed by atoms with van der Waals surface area (Å²) in [5, 5.41) is 3.46. The Bertz CT molecular complexity index is 1350. The van der Waals surface area contributed by atoms with Crippen molar-refractivity contribution < 1.29 is 27.1 Å². The van der Waals surface area contributed by atoms with Crippen LogP contribution in [0.2, 0.25) is 5.15 Å². The Labute approximate surface area is 189 Å². The Kier molecular flexibility index (Phi) is 5.94. The van der Waals surface area contributed by atoms with Crippen molar-refractivity contribution in [3.05, 3.63) is 70.9 Å². The molecule has 3 aromatic heterocycles. The number of halogens is 5. The number of aromatic amines is 1. The van der Waals surface area contributed by atoms with Gasteiger partial charge in [-0.05, 0) is 29.8 Å². The minimum absolute atomic E-state index is 0.158. The van der Waals surface area contributed by atoms with Crippen LogP contribution < -0.4 is 10.1 Å². The van der Waals surface area contributed by atoms with Crippen LogP contribution in [0.25, 0.3) is 22.2 Å². The van der Waals surface area contributed by atoms with E-state index in [1.165, 1.54) is 18.3 Å². The standard InChI is InChI=1S/C22H15ClF4N4O2/c1-33-21-16(22(25,26)27)8-14(10-29-21)30-19(32)5-11-2-3-15(17(24)4-11)13-6-12-7-18(23)31-20(12)28-9-13/h2-4,6-10H,5H2,1H3,(H,28,31)(H,30,32). The van der Waals surface area contributed by atoms with E-state index in [2.05, 4.69) is 25.0 Å². The molecule has 0 fully saturated rings. The third kappa shape index (κ3) is 4.90. The van der Waals surface area contributed by atoms with Crippen molar-refractivity contribution >= 4 is 34.2 Å². The van der Waals surface area contributed by atoms with Crippen LogP contribution in [0.3, 0.4) is 0 Å². The first-order valence-electron chi connectivity index (χ1n) is 9.48. The van der Waals surface area contributed by atoms with Gasteiger partial charge in [0.25, 0.3) is 0 Å². The van der Waals surface area contributed by atoms with Crippen LogP contribution in [0.1, 0.15) is 11.1 Å². The van der Waals surface area contributed by atoms with Crippen LogP contribution in [0.15, 0.2) is 48.8 Å². The van der Waals surface area contributed by atoms with E-state index in [1.54, 1.807) is 18.2 Å². The number of H-pyrrole nitrogens is 1. The van der Waals surface area contributed by atoms with Crippen molar-refractivity contribution in [3.8, 4) is 17.0 Å². The van der Waals surface area contributed by atoms with Gasteiger partial charge >= 0.3 is 6.18 Å². The Morgan fingerprint density at radius 1 is 1.15 bits per heavy atom. The highest BCUT2D eigenvalue weighted by atomic mass is 35.5. The quantitative estimate of drug-likeness (QED) is 0.364. The van der Waals surface area contributed by atoms with Crippen LogP contribution in [-0.4, -0.2) is 28.0 Å². The van der Waals surface area contributed by atoms with Crippen molar-refractivity contribution in [1.29, 1.82) is 0 Å². The summed E-state index contributed by atoms with van der Waals surface area (Å²) < 4.78 is 58.7. The summed E-state index contributed by atoms with van der Waals surface area (Å²) in [7, 11) is 1.07. The second-order valence-corrected chi connectivity index (χ2v) is 7.50. The number of aromatic nitrogens is 3. The van der Waals surface area contributed by atoms with E-state index in [0.29, 0.717) is 27.3 Å². The summed E-state index contributed by atoms with van der Waals surface area (Å²) in [5.74, 6) is -1.81. The molecular weight excluding hydrogens is 464 g/mol. The number of carbonyl (C=O) groups is 1. The Morgan fingerprint density at radius 3 is 2.64 bits per heavy atom. The van der Waals surface area contributed by atoms with Gasteiger partial charge < -0.3 is 15.0 Å². The Hall–Kier alpha value is -3.66. The van der Waals surface area contributed by atoms with E-state index in [9.17, 15) is 22.4 Å². The van der Waals surface area contributed by atoms with Crippen LogP contribution in [-0.2, 0) is 17.4 Å². The molecule has 3 heterocycles. The van der Waals surface area contributed by atoms with Gasteiger partial charge in [0, 0.05) is 22.7 Å². The lowest BCUT2D eigenvalue weighted by Crippen LogP contribution is -2.16. The molecule has 0 aliphatic heterocycles. The molecule has 6 nitrogen and oxygen atoms in total. The number of ether oxygens (including phenoxy) is 1. The van der Waals surface area contributed by atoms with E-state index >= 15 is 0 Å². The average molecular weight is 479 g/mol. The fourth-order valence-electron chi connectivity index (χ4n) is 3.31. The zero-order chi connectivity index (χ0) is 23.8. The lowest BCUT2D eigenvalue weighted by Gasteiger charge is -2.13. The molecule has 0 atom stereocenters. The molecule has 0 saturated carbocycles. The minimum atomic E-state index is -4.71. The van der Waals surface area contributed by atoms with Gasteiger partial charge in [0.05, 0.1) is 25.4 Å². The van der Waals surface area contributed by atoms with Gasteiger partial charge in [0.15, 0.2) is 0 Å². The van der Waals surface area contributed by atoms with E-state index in [4.69, 9.17) is 11.6 Å². The molecule has 2 N–H and O–H groups in total. The SMILES string of the molecule is COc1ncc(NC(=O)Cc2ccc(-c3cnc4[nH]c(Cl)cc4c3)c(F)c2)cc1C(F)(F)F. The molecule has 0 radical (unpaired) electrons. The van der Waals surface area contributed by atoms with E-state index in [0.717, 1.165) is 19.4 Å². The topological polar surface area (TPSA) is 79.9 Å². The summed E-state index contributed by atoms with van der Waals surface area (Å²) >= 11 is 5.91. The second-order valence-electron chi connectivity index (χ2n) is 7.10. The van der Waals surface area contributed by atoms with E-state index < -0.39 is 29.3 Å². The number of pyridine rings is 2. The first-order valence-corrected chi connectivity index (χ1v) is 9.86. The van der Waals surface area contributed by atoms with Crippen molar-refractivity contribution in [2.75, 3.05) is 12.4 Å². The van der Waals surface area contributed by atoms with Gasteiger partial charge in [-0.3, -0.25) is 4.79 Å². The number of hydrogen-bond donors (Lipinski definition) is 2. The molecule has 170 valence electrons. The van der Waals surface area contributed by atoms with Gasteiger partial charge in [-0.25, -0.2) is 14.4 Å². The fourth-order valence-corrected chi connectivity index (χ4v) is 3.52. The predicted molar refractivity (Wildman–Crippen MR) is 115 cm³/mol. The number of fused-ring (bicyclic) bond motifs is 1. The summed E-state index contributed by atoms with van der Waals surface area (Å²) in [6.45, 7) is 0. The second kappa shape index (κ2) is 8.70. The number of nitrogens with one attached hydrogen (secondary N) is 2. The molecule has 0 spiro atoms. The van der Waals surface area contributed by atoms with E-state index in [1.807, 2.05) is 0 Å². The molecule has 11 heteroatoms. The monoisotopic (exact) mass is 478 g/mol. The smallest absolute Gasteiger partial charge is 0.421 e. The fraction of sp³-hybridized carbons (Fsp3) is 0.136. The van der Waals surface area contributed by atoms with Crippen LogP contribution in [0.5, 0.6) is 5.88 Å². The van der Waals surface area contributed by atoms with Crippen LogP contribution in [0, 0.1) is 5.82 Å². The zero-order valence-electron chi connectivity index (χ0n) is 16.9. The molecule has 1 amide bonds. The highest BCUT2D eigenvalue weighted by molar-refractivity contribution is 6.30. The lowest BCUT2D eigenvalue weighted by molar-refractivity contribution is -0.139. The van der Waals surface area contributed by atoms with Crippen LogP contribution >= 0.6 is 11.6 Å². The summed E-state index contributed by atoms with van der Waals surface area (Å²) in [6.07, 6.45) is -2.42. The number of benzene rings is 1. The summed E-state index contributed by atoms with van der Waals surface area (Å²) in [5.41, 5.74) is 0.432. The predicted octanol–water partition coefficient (Wildman–Crippen LogP) is 5.63. The normalized spacial score (nSPS) is 11.6. The lowest BCUT2D eigenvalue weighted by atomic mass is 10.0. The number of nitrogens with zero attached hydrogens (tertiary/aromatic N) is 2. The average Bonchev–Trinajstić information content (AvgIpc) is 3.12. The molecular formula is C22H15ClF4N4O2. The first kappa shape index (κ1) is 22.5. The number of methoxy groups -OCH3 is 1. The largest absolute Gasteiger partial charge is 0.481 e. The summed E-state index contributed by atoms with van der Waals surface area (Å²) in [6, 6.07) is 8.37. The van der Waals surface area contributed by atoms with Gasteiger partial charge in [0.2, 0.25) is 11.8 Å². The molecule has 4 rings (SSSR count). The Balaban J connectivity index is 1.50. The number of carbonyl (C=O) groups excluding carboxylic acids is 1. The Morgan fingerprint density at radius 2 is 1.94 bits per heavy atom. The zero-order valence-corrected chi connectivity index (χ0v) is 17.7. The molecule has 0 unspecified atom stereocenters. The highest BCUT2D eigenvalue weighted by Gasteiger charge is 2.35. The van der Waals surface area contributed by atoms with Crippen molar-refractivity contribution in [3.63, 3.8) is 0 Å². The van der Waals surface area contributed by atoms with Crippen LogP contribution in [0.4, 0.5) is 23.2 Å². The maximum atomic E-state index is 14.7. The van der Waals surface area contributed by atoms with Crippen molar-refractivity contribution in [1.82, 2.24) is 15.0 Å². The molecule has 0 saturated heterocycles. The minimum Gasteiger partial charge on any atom is -0.481 e. The molecule has 1 aromatic carbocycles. The number of alkyl halides is 3. The maximum absolute atomic E-state index is 14.7. The van der Waals surface area contributed by atoms with Crippen molar-refractivity contribution in [2.45, 2.75) is 12.6 Å².